The molecule has 1 aliphatic rings. The zero-order valence-electron chi connectivity index (χ0n) is 8.24. The van der Waals surface area contributed by atoms with Crippen molar-refractivity contribution >= 4 is 34.7 Å². The number of hydrogen-bond donors (Lipinski definition) is 2. The van der Waals surface area contributed by atoms with E-state index in [0.29, 0.717) is 6.67 Å². The average Bonchev–Trinajstić information content (AvgIpc) is 2.73. The fourth-order valence-electron chi connectivity index (χ4n) is 1.82. The summed E-state index contributed by atoms with van der Waals surface area (Å²) >= 11 is 1.71. The van der Waals surface area contributed by atoms with Crippen LogP contribution < -0.4 is 5.32 Å². The number of anilines is 1. The highest BCUT2D eigenvalue weighted by atomic mass is 32.2. The van der Waals surface area contributed by atoms with Gasteiger partial charge in [-0.25, -0.2) is 4.98 Å². The molecule has 0 fully saturated rings. The van der Waals surface area contributed by atoms with Gasteiger partial charge in [0.2, 0.25) is 0 Å². The van der Waals surface area contributed by atoms with Crippen molar-refractivity contribution in [3.05, 3.63) is 18.0 Å². The number of thioether (sulfide) groups is 1. The van der Waals surface area contributed by atoms with Gasteiger partial charge in [-0.05, 0) is 12.3 Å². The summed E-state index contributed by atoms with van der Waals surface area (Å²) in [6.07, 6.45) is 5.70. The van der Waals surface area contributed by atoms with Gasteiger partial charge in [0, 0.05) is 11.8 Å². The van der Waals surface area contributed by atoms with Crippen LogP contribution in [0.3, 0.4) is 0 Å². The van der Waals surface area contributed by atoms with E-state index in [2.05, 4.69) is 32.6 Å². The Kier molecular flexibility index (Phi) is 1.92. The molecule has 0 saturated heterocycles. The minimum atomic E-state index is 0.649. The number of fused-ring (bicyclic) bond motifs is 2. The molecule has 1 aliphatic heterocycles. The molecule has 1 aromatic heterocycles. The smallest absolute Gasteiger partial charge is 0.107 e. The number of aliphatic imine (C=N–C) groups is 1. The number of rotatable bonds is 1. The summed E-state index contributed by atoms with van der Waals surface area (Å²) in [6, 6.07) is 2.08. The van der Waals surface area contributed by atoms with E-state index in [1.807, 2.05) is 6.21 Å². The van der Waals surface area contributed by atoms with Gasteiger partial charge in [-0.15, -0.1) is 11.8 Å². The molecular formula is C10H10N4S. The first kappa shape index (κ1) is 8.79. The molecule has 1 aromatic carbocycles. The van der Waals surface area contributed by atoms with Crippen LogP contribution in [0, 0.1) is 0 Å². The van der Waals surface area contributed by atoms with E-state index in [9.17, 15) is 0 Å². The summed E-state index contributed by atoms with van der Waals surface area (Å²) in [6.45, 7) is 0.649. The minimum Gasteiger partial charge on any atom is -0.365 e. The number of benzene rings is 1. The molecule has 76 valence electrons. The van der Waals surface area contributed by atoms with Crippen molar-refractivity contribution in [2.24, 2.45) is 4.99 Å². The molecular weight excluding hydrogens is 208 g/mol. The van der Waals surface area contributed by atoms with E-state index in [-0.39, 0.29) is 0 Å². The maximum Gasteiger partial charge on any atom is 0.107 e. The SMILES string of the molecule is CSc1c2c(cc3[nH]cnc13)C=NCN2. The normalized spacial score (nSPS) is 13.9. The molecule has 5 heteroatoms. The quantitative estimate of drug-likeness (QED) is 0.721. The third-order valence-corrected chi connectivity index (χ3v) is 3.29. The van der Waals surface area contributed by atoms with E-state index in [4.69, 9.17) is 0 Å². The molecule has 2 N–H and O–H groups in total. The lowest BCUT2D eigenvalue weighted by Crippen LogP contribution is -2.09. The Hall–Kier alpha value is -1.49. The van der Waals surface area contributed by atoms with Crippen LogP contribution >= 0.6 is 11.8 Å². The summed E-state index contributed by atoms with van der Waals surface area (Å²) in [5.74, 6) is 0. The standard InChI is InChI=1S/C10H10N4S/c1-15-10-8-6(3-11-4-13-8)2-7-9(10)14-5-12-7/h2-3,5,13H,4H2,1H3,(H,12,14). The molecule has 0 atom stereocenters. The van der Waals surface area contributed by atoms with Crippen LogP contribution in [-0.2, 0) is 0 Å². The van der Waals surface area contributed by atoms with Crippen molar-refractivity contribution in [3.8, 4) is 0 Å². The largest absolute Gasteiger partial charge is 0.365 e. The van der Waals surface area contributed by atoms with Crippen molar-refractivity contribution in [2.75, 3.05) is 18.2 Å². The Morgan fingerprint density at radius 1 is 1.47 bits per heavy atom. The van der Waals surface area contributed by atoms with Crippen LogP contribution in [0.2, 0.25) is 0 Å². The minimum absolute atomic E-state index is 0.649. The van der Waals surface area contributed by atoms with Crippen LogP contribution in [0.4, 0.5) is 5.69 Å². The average molecular weight is 218 g/mol. The molecule has 0 bridgehead atoms. The van der Waals surface area contributed by atoms with Crippen molar-refractivity contribution < 1.29 is 0 Å². The van der Waals surface area contributed by atoms with Crippen LogP contribution in [0.25, 0.3) is 11.0 Å². The summed E-state index contributed by atoms with van der Waals surface area (Å²) in [7, 11) is 0. The molecule has 15 heavy (non-hydrogen) atoms. The fourth-order valence-corrected chi connectivity index (χ4v) is 2.57. The molecule has 2 aromatic rings. The second-order valence-electron chi connectivity index (χ2n) is 3.32. The summed E-state index contributed by atoms with van der Waals surface area (Å²) in [5.41, 5.74) is 4.37. The zero-order valence-corrected chi connectivity index (χ0v) is 9.06. The highest BCUT2D eigenvalue weighted by molar-refractivity contribution is 7.99. The first-order valence-electron chi connectivity index (χ1n) is 4.68. The number of imidazole rings is 1. The van der Waals surface area contributed by atoms with Gasteiger partial charge < -0.3 is 10.3 Å². The van der Waals surface area contributed by atoms with Gasteiger partial charge in [0.25, 0.3) is 0 Å². The number of aromatic amines is 1. The van der Waals surface area contributed by atoms with Gasteiger partial charge in [-0.3, -0.25) is 4.99 Å². The number of H-pyrrole nitrogens is 1. The summed E-state index contributed by atoms with van der Waals surface area (Å²) in [5, 5.41) is 3.29. The van der Waals surface area contributed by atoms with E-state index in [0.717, 1.165) is 22.3 Å². The van der Waals surface area contributed by atoms with Crippen LogP contribution in [0.15, 0.2) is 22.3 Å². The third kappa shape index (κ3) is 1.23. The molecule has 0 spiro atoms. The van der Waals surface area contributed by atoms with Crippen molar-refractivity contribution in [3.63, 3.8) is 0 Å². The predicted molar refractivity (Wildman–Crippen MR) is 64.0 cm³/mol. The molecule has 0 radical (unpaired) electrons. The maximum absolute atomic E-state index is 4.34. The van der Waals surface area contributed by atoms with Gasteiger partial charge in [0.1, 0.15) is 12.2 Å². The van der Waals surface area contributed by atoms with Gasteiger partial charge >= 0.3 is 0 Å². The van der Waals surface area contributed by atoms with Gasteiger partial charge in [0.15, 0.2) is 0 Å². The van der Waals surface area contributed by atoms with E-state index < -0.39 is 0 Å². The predicted octanol–water partition coefficient (Wildman–Crippen LogP) is 2.09. The Morgan fingerprint density at radius 3 is 3.27 bits per heavy atom. The Balaban J connectivity index is 2.40. The lowest BCUT2D eigenvalue weighted by molar-refractivity contribution is 1.11. The molecule has 0 saturated carbocycles. The zero-order chi connectivity index (χ0) is 10.3. The lowest BCUT2D eigenvalue weighted by Gasteiger charge is -2.16. The molecule has 0 amide bonds. The van der Waals surface area contributed by atoms with Crippen molar-refractivity contribution in [1.29, 1.82) is 0 Å². The molecule has 3 rings (SSSR count). The van der Waals surface area contributed by atoms with E-state index in [1.54, 1.807) is 18.1 Å². The number of aromatic nitrogens is 2. The molecule has 0 aliphatic carbocycles. The maximum atomic E-state index is 4.34. The second kappa shape index (κ2) is 3.27. The highest BCUT2D eigenvalue weighted by Crippen LogP contribution is 2.35. The van der Waals surface area contributed by atoms with Gasteiger partial charge in [-0.1, -0.05) is 0 Å². The van der Waals surface area contributed by atoms with Crippen molar-refractivity contribution in [1.82, 2.24) is 9.97 Å². The van der Waals surface area contributed by atoms with Crippen LogP contribution in [0.1, 0.15) is 5.56 Å². The third-order valence-electron chi connectivity index (χ3n) is 2.48. The lowest BCUT2D eigenvalue weighted by atomic mass is 10.1. The number of nitrogens with zero attached hydrogens (tertiary/aromatic N) is 2. The topological polar surface area (TPSA) is 53.1 Å². The Bertz CT molecular complexity index is 544. The Labute approximate surface area is 91.2 Å². The fraction of sp³-hybridized carbons (Fsp3) is 0.200. The van der Waals surface area contributed by atoms with Gasteiger partial charge in [0.05, 0.1) is 22.4 Å². The summed E-state index contributed by atoms with van der Waals surface area (Å²) < 4.78 is 0. The molecule has 2 heterocycles. The van der Waals surface area contributed by atoms with Crippen molar-refractivity contribution in [2.45, 2.75) is 4.90 Å². The van der Waals surface area contributed by atoms with Crippen LogP contribution in [0.5, 0.6) is 0 Å². The number of nitrogens with one attached hydrogen (secondary N) is 2. The first-order valence-corrected chi connectivity index (χ1v) is 5.90. The summed E-state index contributed by atoms with van der Waals surface area (Å²) in [4.78, 5) is 12.9. The number of hydrogen-bond acceptors (Lipinski definition) is 4. The van der Waals surface area contributed by atoms with Crippen LogP contribution in [-0.4, -0.2) is 29.1 Å². The monoisotopic (exact) mass is 218 g/mol. The van der Waals surface area contributed by atoms with E-state index >= 15 is 0 Å². The second-order valence-corrected chi connectivity index (χ2v) is 4.14. The van der Waals surface area contributed by atoms with Gasteiger partial charge in [-0.2, -0.15) is 0 Å². The van der Waals surface area contributed by atoms with E-state index in [1.165, 1.54) is 4.90 Å². The highest BCUT2D eigenvalue weighted by Gasteiger charge is 2.14. The molecule has 0 unspecified atom stereocenters. The first-order chi connectivity index (χ1) is 7.40. The Morgan fingerprint density at radius 2 is 2.40 bits per heavy atom. The molecule has 4 nitrogen and oxygen atoms in total.